The van der Waals surface area contributed by atoms with Crippen LogP contribution in [0, 0.1) is 5.92 Å². The zero-order valence-corrected chi connectivity index (χ0v) is 14.0. The highest BCUT2D eigenvalue weighted by Crippen LogP contribution is 2.25. The van der Waals surface area contributed by atoms with Crippen LogP contribution in [0.25, 0.3) is 0 Å². The summed E-state index contributed by atoms with van der Waals surface area (Å²) in [5.41, 5.74) is 1.18. The number of hydrogen-bond acceptors (Lipinski definition) is 3. The molecule has 1 aromatic carbocycles. The van der Waals surface area contributed by atoms with Gasteiger partial charge in [-0.25, -0.2) is 8.42 Å². The summed E-state index contributed by atoms with van der Waals surface area (Å²) in [6.07, 6.45) is 2.36. The molecule has 0 radical (unpaired) electrons. The Hall–Kier alpha value is -0.870. The fourth-order valence-corrected chi connectivity index (χ4v) is 3.16. The van der Waals surface area contributed by atoms with Gasteiger partial charge in [-0.2, -0.15) is 0 Å². The molecular formula is C16H27NO2S. The highest BCUT2D eigenvalue weighted by Gasteiger charge is 2.21. The van der Waals surface area contributed by atoms with E-state index in [1.54, 1.807) is 12.1 Å². The molecular weight excluding hydrogens is 270 g/mol. The summed E-state index contributed by atoms with van der Waals surface area (Å²) in [4.78, 5) is 0.385. The first-order chi connectivity index (χ1) is 9.27. The summed E-state index contributed by atoms with van der Waals surface area (Å²) >= 11 is 0. The summed E-state index contributed by atoms with van der Waals surface area (Å²) in [7, 11) is -3.11. The van der Waals surface area contributed by atoms with Crippen LogP contribution in [-0.2, 0) is 9.84 Å². The Morgan fingerprint density at radius 2 is 1.65 bits per heavy atom. The Labute approximate surface area is 123 Å². The molecule has 0 aromatic heterocycles. The lowest BCUT2D eigenvalue weighted by Gasteiger charge is -2.29. The Kier molecular flexibility index (Phi) is 6.21. The molecule has 0 saturated heterocycles. The summed E-state index contributed by atoms with van der Waals surface area (Å²) in [6.45, 7) is 9.80. The number of rotatable bonds is 7. The zero-order chi connectivity index (χ0) is 15.3. The van der Waals surface area contributed by atoms with Crippen LogP contribution < -0.4 is 5.32 Å². The SMILES string of the molecule is CCCNC(C(C)C)C(C)c1ccc(S(C)(=O)=O)cc1. The van der Waals surface area contributed by atoms with E-state index in [-0.39, 0.29) is 0 Å². The van der Waals surface area contributed by atoms with Crippen molar-refractivity contribution in [3.63, 3.8) is 0 Å². The van der Waals surface area contributed by atoms with Crippen molar-refractivity contribution < 1.29 is 8.42 Å². The second-order valence-electron chi connectivity index (χ2n) is 5.85. The monoisotopic (exact) mass is 297 g/mol. The van der Waals surface area contributed by atoms with Crippen LogP contribution in [0.4, 0.5) is 0 Å². The van der Waals surface area contributed by atoms with Crippen molar-refractivity contribution in [2.24, 2.45) is 5.92 Å². The van der Waals surface area contributed by atoms with Crippen LogP contribution in [-0.4, -0.2) is 27.3 Å². The zero-order valence-electron chi connectivity index (χ0n) is 13.2. The molecule has 2 atom stereocenters. The first-order valence-corrected chi connectivity index (χ1v) is 9.20. The first-order valence-electron chi connectivity index (χ1n) is 7.30. The van der Waals surface area contributed by atoms with Gasteiger partial charge < -0.3 is 5.32 Å². The van der Waals surface area contributed by atoms with Crippen molar-refractivity contribution in [2.75, 3.05) is 12.8 Å². The Bertz CT molecular complexity index is 506. The minimum absolute atomic E-state index is 0.357. The summed E-state index contributed by atoms with van der Waals surface area (Å²) in [5, 5.41) is 3.59. The van der Waals surface area contributed by atoms with Gasteiger partial charge in [-0.05, 0) is 42.5 Å². The predicted molar refractivity (Wildman–Crippen MR) is 84.9 cm³/mol. The average molecular weight is 297 g/mol. The van der Waals surface area contributed by atoms with Crippen LogP contribution in [0.1, 0.15) is 45.6 Å². The molecule has 2 unspecified atom stereocenters. The molecule has 0 aliphatic rings. The third-order valence-corrected chi connectivity index (χ3v) is 4.85. The number of hydrogen-bond donors (Lipinski definition) is 1. The van der Waals surface area contributed by atoms with Gasteiger partial charge in [0.2, 0.25) is 0 Å². The van der Waals surface area contributed by atoms with Gasteiger partial charge in [-0.3, -0.25) is 0 Å². The second-order valence-corrected chi connectivity index (χ2v) is 7.87. The van der Waals surface area contributed by atoms with Gasteiger partial charge in [0.1, 0.15) is 0 Å². The van der Waals surface area contributed by atoms with Crippen molar-refractivity contribution in [2.45, 2.75) is 51.0 Å². The van der Waals surface area contributed by atoms with Gasteiger partial charge in [0.25, 0.3) is 0 Å². The molecule has 3 nitrogen and oxygen atoms in total. The van der Waals surface area contributed by atoms with E-state index in [4.69, 9.17) is 0 Å². The number of sulfone groups is 1. The Morgan fingerprint density at radius 1 is 1.10 bits per heavy atom. The van der Waals surface area contributed by atoms with Gasteiger partial charge >= 0.3 is 0 Å². The van der Waals surface area contributed by atoms with E-state index >= 15 is 0 Å². The molecule has 0 amide bonds. The Morgan fingerprint density at radius 3 is 2.05 bits per heavy atom. The minimum atomic E-state index is -3.11. The fraction of sp³-hybridized carbons (Fsp3) is 0.625. The van der Waals surface area contributed by atoms with Crippen LogP contribution in [0.5, 0.6) is 0 Å². The molecule has 0 fully saturated rings. The van der Waals surface area contributed by atoms with Gasteiger partial charge in [-0.15, -0.1) is 0 Å². The standard InChI is InChI=1S/C16H27NO2S/c1-6-11-17-16(12(2)3)13(4)14-7-9-15(10-8-14)20(5,18)19/h7-10,12-13,16-17H,6,11H2,1-5H3. The molecule has 0 aliphatic carbocycles. The molecule has 0 saturated carbocycles. The quantitative estimate of drug-likeness (QED) is 0.840. The lowest BCUT2D eigenvalue weighted by Crippen LogP contribution is -2.38. The molecule has 0 bridgehead atoms. The highest BCUT2D eigenvalue weighted by atomic mass is 32.2. The summed E-state index contributed by atoms with van der Waals surface area (Å²) in [6, 6.07) is 7.68. The Balaban J connectivity index is 2.92. The van der Waals surface area contributed by atoms with E-state index in [2.05, 4.69) is 33.0 Å². The molecule has 0 heterocycles. The van der Waals surface area contributed by atoms with Crippen molar-refractivity contribution >= 4 is 9.84 Å². The first kappa shape index (κ1) is 17.2. The van der Waals surface area contributed by atoms with Gasteiger partial charge in [-0.1, -0.05) is 39.8 Å². The topological polar surface area (TPSA) is 46.2 Å². The van der Waals surface area contributed by atoms with E-state index in [0.29, 0.717) is 22.8 Å². The van der Waals surface area contributed by atoms with E-state index in [0.717, 1.165) is 13.0 Å². The average Bonchev–Trinajstić information content (AvgIpc) is 2.37. The third kappa shape index (κ3) is 4.60. The molecule has 114 valence electrons. The lowest BCUT2D eigenvalue weighted by atomic mass is 9.86. The van der Waals surface area contributed by atoms with Crippen molar-refractivity contribution in [1.29, 1.82) is 0 Å². The number of benzene rings is 1. The van der Waals surface area contributed by atoms with E-state index in [1.807, 2.05) is 12.1 Å². The van der Waals surface area contributed by atoms with Crippen LogP contribution in [0.2, 0.25) is 0 Å². The molecule has 1 aromatic rings. The van der Waals surface area contributed by atoms with Crippen molar-refractivity contribution in [1.82, 2.24) is 5.32 Å². The minimum Gasteiger partial charge on any atom is -0.313 e. The van der Waals surface area contributed by atoms with Crippen LogP contribution >= 0.6 is 0 Å². The molecule has 4 heteroatoms. The van der Waals surface area contributed by atoms with Crippen molar-refractivity contribution in [3.8, 4) is 0 Å². The summed E-state index contributed by atoms with van der Waals surface area (Å²) in [5.74, 6) is 0.890. The maximum atomic E-state index is 11.5. The third-order valence-electron chi connectivity index (χ3n) is 3.72. The van der Waals surface area contributed by atoms with Crippen LogP contribution in [0.15, 0.2) is 29.2 Å². The molecule has 1 N–H and O–H groups in total. The largest absolute Gasteiger partial charge is 0.313 e. The van der Waals surface area contributed by atoms with E-state index in [9.17, 15) is 8.42 Å². The number of nitrogens with one attached hydrogen (secondary N) is 1. The maximum Gasteiger partial charge on any atom is 0.175 e. The second kappa shape index (κ2) is 7.23. The summed E-state index contributed by atoms with van der Waals surface area (Å²) < 4.78 is 23.0. The molecule has 0 aliphatic heterocycles. The smallest absolute Gasteiger partial charge is 0.175 e. The van der Waals surface area contributed by atoms with Gasteiger partial charge in [0.15, 0.2) is 9.84 Å². The normalized spacial score (nSPS) is 15.3. The maximum absolute atomic E-state index is 11.5. The van der Waals surface area contributed by atoms with Gasteiger partial charge in [0.05, 0.1) is 4.90 Å². The molecule has 0 spiro atoms. The molecule has 1 rings (SSSR count). The highest BCUT2D eigenvalue weighted by molar-refractivity contribution is 7.90. The predicted octanol–water partition coefficient (Wildman–Crippen LogP) is 3.22. The van der Waals surface area contributed by atoms with Gasteiger partial charge in [0, 0.05) is 12.3 Å². The van der Waals surface area contributed by atoms with Crippen LogP contribution in [0.3, 0.4) is 0 Å². The van der Waals surface area contributed by atoms with E-state index in [1.165, 1.54) is 11.8 Å². The fourth-order valence-electron chi connectivity index (χ4n) is 2.53. The van der Waals surface area contributed by atoms with E-state index < -0.39 is 9.84 Å². The molecule has 20 heavy (non-hydrogen) atoms. The lowest BCUT2D eigenvalue weighted by molar-refractivity contribution is 0.354. The van der Waals surface area contributed by atoms with Crippen molar-refractivity contribution in [3.05, 3.63) is 29.8 Å².